The molecule has 0 bridgehead atoms. The predicted octanol–water partition coefficient (Wildman–Crippen LogP) is 4.72. The number of aromatic hydroxyl groups is 1. The van der Waals surface area contributed by atoms with Gasteiger partial charge in [0.15, 0.2) is 0 Å². The van der Waals surface area contributed by atoms with E-state index in [0.29, 0.717) is 19.5 Å². The number of hydrogen-bond acceptors (Lipinski definition) is 5. The lowest BCUT2D eigenvalue weighted by Gasteiger charge is -2.28. The quantitative estimate of drug-likeness (QED) is 0.364. The molecule has 0 radical (unpaired) electrons. The molecule has 0 aromatic heterocycles. The number of nitrogens with zero attached hydrogens (tertiary/aromatic N) is 1. The van der Waals surface area contributed by atoms with Gasteiger partial charge in [0.05, 0.1) is 12.7 Å². The molecule has 5 rings (SSSR count). The van der Waals surface area contributed by atoms with Crippen LogP contribution in [0.4, 0.5) is 0 Å². The fourth-order valence-electron chi connectivity index (χ4n) is 5.27. The van der Waals surface area contributed by atoms with Crippen molar-refractivity contribution in [3.63, 3.8) is 0 Å². The second-order valence-corrected chi connectivity index (χ2v) is 9.49. The van der Waals surface area contributed by atoms with E-state index in [0.717, 1.165) is 21.9 Å². The molecule has 1 fully saturated rings. The number of methoxy groups -OCH3 is 1. The smallest absolute Gasteiger partial charge is 0.323 e. The van der Waals surface area contributed by atoms with Crippen LogP contribution in [0.3, 0.4) is 0 Å². The molecule has 1 saturated heterocycles. The lowest BCUT2D eigenvalue weighted by atomic mass is 9.90. The summed E-state index contributed by atoms with van der Waals surface area (Å²) in [5.74, 6) is -0.691. The molecule has 2 N–H and O–H groups in total. The van der Waals surface area contributed by atoms with Crippen LogP contribution in [-0.2, 0) is 9.53 Å². The number of phenolic OH excluding ortho intramolecular Hbond substituents is 1. The summed E-state index contributed by atoms with van der Waals surface area (Å²) in [6.45, 7) is 1.09. The molecule has 0 spiro atoms. The number of rotatable bonds is 7. The van der Waals surface area contributed by atoms with Crippen molar-refractivity contribution in [2.45, 2.75) is 24.4 Å². The maximum Gasteiger partial charge on any atom is 0.323 e. The molecular formula is C31H30N2O4. The molecule has 6 nitrogen and oxygen atoms in total. The first-order chi connectivity index (χ1) is 18.0. The van der Waals surface area contributed by atoms with E-state index in [-0.39, 0.29) is 35.1 Å². The van der Waals surface area contributed by atoms with E-state index in [1.807, 2.05) is 60.7 Å². The zero-order chi connectivity index (χ0) is 25.8. The average molecular weight is 495 g/mol. The number of benzene rings is 4. The number of phenols is 1. The van der Waals surface area contributed by atoms with Crippen molar-refractivity contribution in [1.29, 1.82) is 0 Å². The first kappa shape index (κ1) is 24.5. The Morgan fingerprint density at radius 1 is 0.919 bits per heavy atom. The molecule has 188 valence electrons. The minimum absolute atomic E-state index is 0.0496. The van der Waals surface area contributed by atoms with Crippen molar-refractivity contribution >= 4 is 22.6 Å². The number of esters is 1. The van der Waals surface area contributed by atoms with Gasteiger partial charge in [-0.3, -0.25) is 14.5 Å². The summed E-state index contributed by atoms with van der Waals surface area (Å²) in [6, 6.07) is 30.6. The van der Waals surface area contributed by atoms with Crippen LogP contribution in [0.15, 0.2) is 97.1 Å². The standard InChI is InChI=1S/C31H30N2O4/c1-37-31(36)28-18-25(32-30(35)26-16-23-14-8-9-15-24(23)17-29(26)34)19-33(28)20-27(21-10-4-2-5-11-21)22-12-6-3-7-13-22/h2-17,25,27-28,34H,18-20H2,1H3,(H,32,35)/t25-,28-/m0/s1. The minimum atomic E-state index is -0.476. The average Bonchev–Trinajstić information content (AvgIpc) is 3.33. The van der Waals surface area contributed by atoms with Crippen molar-refractivity contribution in [1.82, 2.24) is 10.2 Å². The van der Waals surface area contributed by atoms with Gasteiger partial charge in [0.2, 0.25) is 0 Å². The third-order valence-corrected chi connectivity index (χ3v) is 7.14. The van der Waals surface area contributed by atoms with Gasteiger partial charge in [-0.1, -0.05) is 84.9 Å². The zero-order valence-corrected chi connectivity index (χ0v) is 20.7. The largest absolute Gasteiger partial charge is 0.507 e. The van der Waals surface area contributed by atoms with Gasteiger partial charge >= 0.3 is 5.97 Å². The summed E-state index contributed by atoms with van der Waals surface area (Å²) >= 11 is 0. The van der Waals surface area contributed by atoms with Crippen molar-refractivity contribution in [2.24, 2.45) is 0 Å². The van der Waals surface area contributed by atoms with Crippen LogP contribution in [0, 0.1) is 0 Å². The van der Waals surface area contributed by atoms with Crippen molar-refractivity contribution < 1.29 is 19.4 Å². The van der Waals surface area contributed by atoms with E-state index in [2.05, 4.69) is 34.5 Å². The van der Waals surface area contributed by atoms with E-state index in [1.54, 1.807) is 12.1 Å². The van der Waals surface area contributed by atoms with Gasteiger partial charge in [0.1, 0.15) is 11.8 Å². The maximum absolute atomic E-state index is 13.2. The summed E-state index contributed by atoms with van der Waals surface area (Å²) in [5.41, 5.74) is 2.54. The highest BCUT2D eigenvalue weighted by molar-refractivity contribution is 6.01. The van der Waals surface area contributed by atoms with E-state index in [9.17, 15) is 14.7 Å². The van der Waals surface area contributed by atoms with Gasteiger partial charge in [-0.05, 0) is 40.5 Å². The number of carbonyl (C=O) groups is 2. The van der Waals surface area contributed by atoms with E-state index >= 15 is 0 Å². The minimum Gasteiger partial charge on any atom is -0.507 e. The number of amides is 1. The van der Waals surface area contributed by atoms with Gasteiger partial charge in [0, 0.05) is 25.0 Å². The number of likely N-dealkylation sites (tertiary alicyclic amines) is 1. The van der Waals surface area contributed by atoms with Crippen LogP contribution >= 0.6 is 0 Å². The predicted molar refractivity (Wildman–Crippen MR) is 144 cm³/mol. The molecule has 1 aliphatic rings. The Morgan fingerprint density at radius 3 is 2.08 bits per heavy atom. The molecule has 4 aromatic carbocycles. The Bertz CT molecular complexity index is 1350. The van der Waals surface area contributed by atoms with Gasteiger partial charge in [0.25, 0.3) is 5.91 Å². The molecule has 1 heterocycles. The highest BCUT2D eigenvalue weighted by Gasteiger charge is 2.39. The molecule has 37 heavy (non-hydrogen) atoms. The molecule has 6 heteroatoms. The van der Waals surface area contributed by atoms with Gasteiger partial charge in [-0.2, -0.15) is 0 Å². The van der Waals surface area contributed by atoms with E-state index in [4.69, 9.17) is 4.74 Å². The fraction of sp³-hybridized carbons (Fsp3) is 0.226. The first-order valence-electron chi connectivity index (χ1n) is 12.5. The van der Waals surface area contributed by atoms with Crippen LogP contribution in [0.5, 0.6) is 5.75 Å². The lowest BCUT2D eigenvalue weighted by Crippen LogP contribution is -2.40. The summed E-state index contributed by atoms with van der Waals surface area (Å²) < 4.78 is 5.13. The van der Waals surface area contributed by atoms with Crippen LogP contribution in [0.25, 0.3) is 10.8 Å². The Kier molecular flexibility index (Phi) is 7.19. The van der Waals surface area contributed by atoms with Crippen molar-refractivity contribution in [2.75, 3.05) is 20.2 Å². The highest BCUT2D eigenvalue weighted by atomic mass is 16.5. The topological polar surface area (TPSA) is 78.9 Å². The SMILES string of the molecule is COC(=O)[C@@H]1C[C@H](NC(=O)c2cc3ccccc3cc2O)CN1CC(c1ccccc1)c1ccccc1. The lowest BCUT2D eigenvalue weighted by molar-refractivity contribution is -0.145. The van der Waals surface area contributed by atoms with Gasteiger partial charge < -0.3 is 15.2 Å². The van der Waals surface area contributed by atoms with E-state index in [1.165, 1.54) is 7.11 Å². The van der Waals surface area contributed by atoms with Crippen LogP contribution in [-0.4, -0.2) is 54.2 Å². The zero-order valence-electron chi connectivity index (χ0n) is 20.7. The monoisotopic (exact) mass is 494 g/mol. The summed E-state index contributed by atoms with van der Waals surface area (Å²) in [7, 11) is 1.39. The molecule has 0 aliphatic carbocycles. The van der Waals surface area contributed by atoms with Crippen LogP contribution < -0.4 is 5.32 Å². The number of fused-ring (bicyclic) bond motifs is 1. The van der Waals surface area contributed by atoms with Gasteiger partial charge in [-0.25, -0.2) is 0 Å². The summed E-state index contributed by atoms with van der Waals surface area (Å²) in [5, 5.41) is 15.3. The Hall–Kier alpha value is -4.16. The normalized spacial score (nSPS) is 17.7. The molecule has 1 amide bonds. The van der Waals surface area contributed by atoms with E-state index < -0.39 is 6.04 Å². The Morgan fingerprint density at radius 2 is 1.49 bits per heavy atom. The highest BCUT2D eigenvalue weighted by Crippen LogP contribution is 2.30. The Labute approximate surface area is 216 Å². The van der Waals surface area contributed by atoms with Crippen molar-refractivity contribution in [3.05, 3.63) is 114 Å². The molecule has 0 unspecified atom stereocenters. The number of hydrogen-bond donors (Lipinski definition) is 2. The molecular weight excluding hydrogens is 464 g/mol. The second kappa shape index (κ2) is 10.8. The molecule has 2 atom stereocenters. The maximum atomic E-state index is 13.2. The third kappa shape index (κ3) is 5.34. The van der Waals surface area contributed by atoms with Crippen LogP contribution in [0.1, 0.15) is 33.8 Å². The first-order valence-corrected chi connectivity index (χ1v) is 12.5. The number of ether oxygens (including phenoxy) is 1. The summed E-state index contributed by atoms with van der Waals surface area (Å²) in [4.78, 5) is 28.0. The van der Waals surface area contributed by atoms with Gasteiger partial charge in [-0.15, -0.1) is 0 Å². The third-order valence-electron chi connectivity index (χ3n) is 7.14. The summed E-state index contributed by atoms with van der Waals surface area (Å²) in [6.07, 6.45) is 0.434. The second-order valence-electron chi connectivity index (χ2n) is 9.49. The number of nitrogens with one attached hydrogen (secondary N) is 1. The number of carbonyl (C=O) groups excluding carboxylic acids is 2. The van der Waals surface area contributed by atoms with Crippen molar-refractivity contribution in [3.8, 4) is 5.75 Å². The fourth-order valence-corrected chi connectivity index (χ4v) is 5.27. The molecule has 4 aromatic rings. The molecule has 0 saturated carbocycles. The Balaban J connectivity index is 1.38. The van der Waals surface area contributed by atoms with Crippen LogP contribution in [0.2, 0.25) is 0 Å². The molecule has 1 aliphatic heterocycles.